The SMILES string of the molecule is CCCCNCC(F)(F)C1CCC1/C=C(/C)CCCNCC(F)(F)C(F)(F)F. The first-order valence-corrected chi connectivity index (χ1v) is 9.82. The normalized spacial score (nSPS) is 21.7. The lowest BCUT2D eigenvalue weighted by molar-refractivity contribution is -0.279. The number of alkyl halides is 7. The van der Waals surface area contributed by atoms with Crippen LogP contribution in [-0.2, 0) is 0 Å². The fourth-order valence-electron chi connectivity index (χ4n) is 3.22. The number of rotatable bonds is 13. The first kappa shape index (κ1) is 25.2. The monoisotopic (exact) mass is 420 g/mol. The smallest absolute Gasteiger partial charge is 0.311 e. The molecule has 0 bridgehead atoms. The van der Waals surface area contributed by atoms with Crippen molar-refractivity contribution in [2.24, 2.45) is 11.8 Å². The molecule has 9 heteroatoms. The van der Waals surface area contributed by atoms with Crippen LogP contribution in [0.4, 0.5) is 30.7 Å². The zero-order valence-corrected chi connectivity index (χ0v) is 16.4. The van der Waals surface area contributed by atoms with Gasteiger partial charge in [0, 0.05) is 5.92 Å². The molecule has 2 unspecified atom stereocenters. The summed E-state index contributed by atoms with van der Waals surface area (Å²) in [5.74, 6) is -8.46. The van der Waals surface area contributed by atoms with E-state index in [0.717, 1.165) is 18.4 Å². The summed E-state index contributed by atoms with van der Waals surface area (Å²) in [4.78, 5) is 0. The Kier molecular flexibility index (Phi) is 9.73. The van der Waals surface area contributed by atoms with Crippen molar-refractivity contribution in [2.45, 2.75) is 70.4 Å². The molecule has 0 aromatic carbocycles. The van der Waals surface area contributed by atoms with Crippen molar-refractivity contribution in [1.29, 1.82) is 0 Å². The summed E-state index contributed by atoms with van der Waals surface area (Å²) in [6.45, 7) is 2.55. The Balaban J connectivity index is 2.33. The number of unbranched alkanes of at least 4 members (excludes halogenated alkanes) is 1. The number of hydrogen-bond acceptors (Lipinski definition) is 2. The molecule has 0 radical (unpaired) electrons. The van der Waals surface area contributed by atoms with Gasteiger partial charge in [-0.3, -0.25) is 0 Å². The van der Waals surface area contributed by atoms with Crippen molar-refractivity contribution in [3.05, 3.63) is 11.6 Å². The van der Waals surface area contributed by atoms with E-state index in [1.807, 2.05) is 6.92 Å². The van der Waals surface area contributed by atoms with Gasteiger partial charge in [-0.15, -0.1) is 0 Å². The van der Waals surface area contributed by atoms with Gasteiger partial charge in [-0.1, -0.05) is 25.0 Å². The van der Waals surface area contributed by atoms with Crippen LogP contribution in [0, 0.1) is 11.8 Å². The third-order valence-electron chi connectivity index (χ3n) is 5.12. The van der Waals surface area contributed by atoms with Crippen LogP contribution >= 0.6 is 0 Å². The van der Waals surface area contributed by atoms with E-state index in [1.54, 1.807) is 13.0 Å². The van der Waals surface area contributed by atoms with Crippen molar-refractivity contribution < 1.29 is 30.7 Å². The Hall–Kier alpha value is -0.830. The van der Waals surface area contributed by atoms with Gasteiger partial charge in [-0.05, 0) is 58.0 Å². The average molecular weight is 420 g/mol. The lowest BCUT2D eigenvalue weighted by Crippen LogP contribution is -2.46. The minimum Gasteiger partial charge on any atom is -0.311 e. The molecule has 1 aliphatic carbocycles. The van der Waals surface area contributed by atoms with Gasteiger partial charge in [0.2, 0.25) is 0 Å². The zero-order chi connectivity index (χ0) is 21.4. The van der Waals surface area contributed by atoms with Crippen molar-refractivity contribution in [3.63, 3.8) is 0 Å². The zero-order valence-electron chi connectivity index (χ0n) is 16.4. The third kappa shape index (κ3) is 7.89. The van der Waals surface area contributed by atoms with Gasteiger partial charge in [0.25, 0.3) is 5.92 Å². The van der Waals surface area contributed by atoms with Crippen LogP contribution in [0.1, 0.15) is 52.4 Å². The summed E-state index contributed by atoms with van der Waals surface area (Å²) in [6.07, 6.45) is 0.00978. The molecule has 2 nitrogen and oxygen atoms in total. The highest BCUT2D eigenvalue weighted by atomic mass is 19.4. The summed E-state index contributed by atoms with van der Waals surface area (Å²) in [5.41, 5.74) is 0.855. The quantitative estimate of drug-likeness (QED) is 0.232. The molecule has 0 aromatic heterocycles. The second-order valence-electron chi connectivity index (χ2n) is 7.63. The van der Waals surface area contributed by atoms with Crippen molar-refractivity contribution in [3.8, 4) is 0 Å². The molecule has 1 fully saturated rings. The van der Waals surface area contributed by atoms with Crippen molar-refractivity contribution in [2.75, 3.05) is 26.2 Å². The Morgan fingerprint density at radius 1 is 0.929 bits per heavy atom. The molecule has 2 atom stereocenters. The summed E-state index contributed by atoms with van der Waals surface area (Å²) in [7, 11) is 0. The molecule has 0 aromatic rings. The molecule has 166 valence electrons. The largest absolute Gasteiger partial charge is 0.454 e. The van der Waals surface area contributed by atoms with Crippen molar-refractivity contribution >= 4 is 0 Å². The van der Waals surface area contributed by atoms with E-state index in [2.05, 4.69) is 10.6 Å². The predicted molar refractivity (Wildman–Crippen MR) is 95.8 cm³/mol. The first-order chi connectivity index (χ1) is 12.9. The molecule has 0 aliphatic heterocycles. The Morgan fingerprint density at radius 3 is 2.07 bits per heavy atom. The number of hydrogen-bond donors (Lipinski definition) is 2. The van der Waals surface area contributed by atoms with Gasteiger partial charge in [0.05, 0.1) is 13.1 Å². The minimum absolute atomic E-state index is 0.00243. The maximum absolute atomic E-state index is 14.3. The summed E-state index contributed by atoms with van der Waals surface area (Å²) >= 11 is 0. The van der Waals surface area contributed by atoms with Crippen LogP contribution in [0.5, 0.6) is 0 Å². The Labute approximate surface area is 162 Å². The Bertz CT molecular complexity index is 489. The molecule has 28 heavy (non-hydrogen) atoms. The molecule has 0 heterocycles. The van der Waals surface area contributed by atoms with Crippen LogP contribution in [0.15, 0.2) is 11.6 Å². The van der Waals surface area contributed by atoms with E-state index in [9.17, 15) is 30.7 Å². The van der Waals surface area contributed by atoms with E-state index in [-0.39, 0.29) is 19.0 Å². The molecule has 2 N–H and O–H groups in total. The van der Waals surface area contributed by atoms with Crippen LogP contribution in [0.2, 0.25) is 0 Å². The molecular weight excluding hydrogens is 389 g/mol. The summed E-state index contributed by atoms with van der Waals surface area (Å²) < 4.78 is 90.2. The molecule has 0 spiro atoms. The van der Waals surface area contributed by atoms with Crippen LogP contribution in [0.3, 0.4) is 0 Å². The standard InChI is InChI=1S/C19H31F7N2/c1-3-4-9-27-12-17(20,21)16-8-7-15(16)11-14(2)6-5-10-28-13-18(22,23)19(24,25)26/h11,15-16,27-28H,3-10,12-13H2,1-2H3/b14-11-. The van der Waals surface area contributed by atoms with E-state index in [1.165, 1.54) is 0 Å². The average Bonchev–Trinajstić information content (AvgIpc) is 2.53. The topological polar surface area (TPSA) is 24.1 Å². The first-order valence-electron chi connectivity index (χ1n) is 9.82. The van der Waals surface area contributed by atoms with E-state index in [0.29, 0.717) is 32.2 Å². The Morgan fingerprint density at radius 2 is 1.54 bits per heavy atom. The molecule has 0 saturated heterocycles. The van der Waals surface area contributed by atoms with E-state index in [4.69, 9.17) is 0 Å². The molecule has 0 amide bonds. The second-order valence-corrected chi connectivity index (χ2v) is 7.63. The molecular formula is C19H31F7N2. The number of halogens is 7. The highest BCUT2D eigenvalue weighted by molar-refractivity contribution is 5.08. The van der Waals surface area contributed by atoms with Gasteiger partial charge >= 0.3 is 12.1 Å². The van der Waals surface area contributed by atoms with Crippen LogP contribution in [-0.4, -0.2) is 44.2 Å². The molecule has 1 rings (SSSR count). The van der Waals surface area contributed by atoms with Crippen LogP contribution in [0.25, 0.3) is 0 Å². The minimum atomic E-state index is -5.56. The summed E-state index contributed by atoms with van der Waals surface area (Å²) in [6, 6.07) is 0. The lowest BCUT2D eigenvalue weighted by atomic mass is 9.69. The van der Waals surface area contributed by atoms with E-state index >= 15 is 0 Å². The predicted octanol–water partition coefficient (Wildman–Crippen LogP) is 5.55. The summed E-state index contributed by atoms with van der Waals surface area (Å²) in [5, 5.41) is 4.91. The van der Waals surface area contributed by atoms with E-state index < -0.39 is 30.5 Å². The van der Waals surface area contributed by atoms with Gasteiger partial charge in [0.1, 0.15) is 0 Å². The maximum Gasteiger partial charge on any atom is 0.454 e. The van der Waals surface area contributed by atoms with Crippen LogP contribution < -0.4 is 10.6 Å². The fraction of sp³-hybridized carbons (Fsp3) is 0.895. The fourth-order valence-corrected chi connectivity index (χ4v) is 3.22. The second kappa shape index (κ2) is 10.8. The highest BCUT2D eigenvalue weighted by Gasteiger charge is 2.56. The highest BCUT2D eigenvalue weighted by Crippen LogP contribution is 2.45. The molecule has 1 aliphatic rings. The molecule has 1 saturated carbocycles. The number of allylic oxidation sites excluding steroid dienone is 2. The maximum atomic E-state index is 14.3. The van der Waals surface area contributed by atoms with Gasteiger partial charge in [-0.2, -0.15) is 22.0 Å². The van der Waals surface area contributed by atoms with Crippen molar-refractivity contribution in [1.82, 2.24) is 10.6 Å². The van der Waals surface area contributed by atoms with Gasteiger partial charge in [0.15, 0.2) is 0 Å². The number of nitrogens with one attached hydrogen (secondary N) is 2. The lowest BCUT2D eigenvalue weighted by Gasteiger charge is -2.40. The van der Waals surface area contributed by atoms with Gasteiger partial charge < -0.3 is 10.6 Å². The van der Waals surface area contributed by atoms with Gasteiger partial charge in [-0.25, -0.2) is 8.78 Å². The third-order valence-corrected chi connectivity index (χ3v) is 5.12.